The number of fused-ring (bicyclic) bond motifs is 1. The van der Waals surface area contributed by atoms with Crippen LogP contribution in [0.3, 0.4) is 0 Å². The Balaban J connectivity index is 1.61. The lowest BCUT2D eigenvalue weighted by Gasteiger charge is -2.05. The number of rotatable bonds is 5. The lowest BCUT2D eigenvalue weighted by Crippen LogP contribution is -2.22. The summed E-state index contributed by atoms with van der Waals surface area (Å²) in [5, 5.41) is 0. The zero-order valence-electron chi connectivity index (χ0n) is 11.8. The number of hydrogen-bond donors (Lipinski definition) is 0. The van der Waals surface area contributed by atoms with Gasteiger partial charge in [0.05, 0.1) is 6.61 Å². The summed E-state index contributed by atoms with van der Waals surface area (Å²) in [6.45, 7) is 0.0540. The number of oxazole rings is 1. The van der Waals surface area contributed by atoms with Crippen LogP contribution in [0, 0.1) is 0 Å². The molecule has 112 valence electrons. The first-order chi connectivity index (χ1) is 10.7. The molecule has 0 fully saturated rings. The molecule has 22 heavy (non-hydrogen) atoms. The van der Waals surface area contributed by atoms with Crippen molar-refractivity contribution < 1.29 is 13.9 Å². The van der Waals surface area contributed by atoms with Crippen LogP contribution in [0.5, 0.6) is 0 Å². The molecular formula is C16H14N2O4. The van der Waals surface area contributed by atoms with E-state index in [1.54, 1.807) is 12.1 Å². The van der Waals surface area contributed by atoms with Crippen LogP contribution in [0.25, 0.3) is 11.2 Å². The molecule has 2 heterocycles. The standard InChI is InChI=1S/C16H14N2O4/c19-14(21-10-8-12-5-2-1-3-6-12)11-18-15-13(22-16(18)20)7-4-9-17-15/h1-7,9H,8,10-11H2. The molecule has 0 N–H and O–H groups in total. The van der Waals surface area contributed by atoms with E-state index in [4.69, 9.17) is 9.15 Å². The molecule has 0 unspecified atom stereocenters. The highest BCUT2D eigenvalue weighted by Crippen LogP contribution is 2.08. The molecule has 6 nitrogen and oxygen atoms in total. The van der Waals surface area contributed by atoms with Crippen molar-refractivity contribution in [1.29, 1.82) is 0 Å². The Kier molecular flexibility index (Phi) is 4.00. The molecule has 0 saturated carbocycles. The molecule has 0 aliphatic heterocycles. The van der Waals surface area contributed by atoms with Crippen LogP contribution < -0.4 is 5.76 Å². The Labute approximate surface area is 126 Å². The second-order valence-electron chi connectivity index (χ2n) is 4.74. The fourth-order valence-electron chi connectivity index (χ4n) is 2.14. The molecule has 3 rings (SSSR count). The zero-order chi connectivity index (χ0) is 15.4. The van der Waals surface area contributed by atoms with Crippen molar-refractivity contribution >= 4 is 17.2 Å². The minimum Gasteiger partial charge on any atom is -0.464 e. The van der Waals surface area contributed by atoms with Crippen molar-refractivity contribution in [2.75, 3.05) is 6.61 Å². The molecule has 3 aromatic rings. The van der Waals surface area contributed by atoms with Crippen molar-refractivity contribution in [2.24, 2.45) is 0 Å². The van der Waals surface area contributed by atoms with Crippen LogP contribution in [0.1, 0.15) is 5.56 Å². The highest BCUT2D eigenvalue weighted by atomic mass is 16.5. The quantitative estimate of drug-likeness (QED) is 0.671. The van der Waals surface area contributed by atoms with Gasteiger partial charge in [0, 0.05) is 12.6 Å². The number of ether oxygens (including phenoxy) is 1. The van der Waals surface area contributed by atoms with Gasteiger partial charge in [-0.15, -0.1) is 0 Å². The highest BCUT2D eigenvalue weighted by molar-refractivity contribution is 5.73. The van der Waals surface area contributed by atoms with E-state index in [1.807, 2.05) is 30.3 Å². The highest BCUT2D eigenvalue weighted by Gasteiger charge is 2.14. The number of pyridine rings is 1. The molecule has 0 spiro atoms. The van der Waals surface area contributed by atoms with Gasteiger partial charge in [0.25, 0.3) is 0 Å². The number of nitrogens with zero attached hydrogens (tertiary/aromatic N) is 2. The van der Waals surface area contributed by atoms with Crippen LogP contribution in [0.4, 0.5) is 0 Å². The van der Waals surface area contributed by atoms with E-state index in [0.717, 1.165) is 5.56 Å². The first-order valence-electron chi connectivity index (χ1n) is 6.88. The number of benzene rings is 1. The molecule has 0 bridgehead atoms. The van der Waals surface area contributed by atoms with Crippen molar-refractivity contribution in [3.05, 3.63) is 64.8 Å². The normalized spacial score (nSPS) is 10.7. The number of carbonyl (C=O) groups is 1. The Morgan fingerprint density at radius 3 is 2.82 bits per heavy atom. The van der Waals surface area contributed by atoms with E-state index >= 15 is 0 Å². The van der Waals surface area contributed by atoms with Crippen molar-refractivity contribution in [3.63, 3.8) is 0 Å². The Morgan fingerprint density at radius 1 is 1.18 bits per heavy atom. The van der Waals surface area contributed by atoms with Crippen molar-refractivity contribution in [2.45, 2.75) is 13.0 Å². The summed E-state index contributed by atoms with van der Waals surface area (Å²) in [5.74, 6) is -1.11. The SMILES string of the molecule is O=C(Cn1c(=O)oc2cccnc21)OCCc1ccccc1. The van der Waals surface area contributed by atoms with Crippen LogP contribution in [0.15, 0.2) is 57.9 Å². The first kappa shape index (κ1) is 14.1. The fourth-order valence-corrected chi connectivity index (χ4v) is 2.14. The third-order valence-corrected chi connectivity index (χ3v) is 3.21. The van der Waals surface area contributed by atoms with Crippen LogP contribution >= 0.6 is 0 Å². The zero-order valence-corrected chi connectivity index (χ0v) is 11.8. The van der Waals surface area contributed by atoms with Gasteiger partial charge in [0.1, 0.15) is 6.54 Å². The molecule has 6 heteroatoms. The maximum Gasteiger partial charge on any atom is 0.421 e. The number of aromatic nitrogens is 2. The number of esters is 1. The maximum atomic E-state index is 11.8. The summed E-state index contributed by atoms with van der Waals surface area (Å²) in [6, 6.07) is 13.0. The predicted octanol–water partition coefficient (Wildman–Crippen LogP) is 1.78. The molecular weight excluding hydrogens is 284 g/mol. The molecule has 0 aliphatic carbocycles. The van der Waals surface area contributed by atoms with Gasteiger partial charge in [-0.2, -0.15) is 0 Å². The largest absolute Gasteiger partial charge is 0.464 e. The molecule has 1 aromatic carbocycles. The van der Waals surface area contributed by atoms with Crippen molar-refractivity contribution in [3.8, 4) is 0 Å². The fraction of sp³-hybridized carbons (Fsp3) is 0.188. The van der Waals surface area contributed by atoms with Crippen LogP contribution in [0.2, 0.25) is 0 Å². The summed E-state index contributed by atoms with van der Waals surface area (Å²) in [6.07, 6.45) is 2.17. The van der Waals surface area contributed by atoms with E-state index in [-0.39, 0.29) is 13.2 Å². The smallest absolute Gasteiger partial charge is 0.421 e. The number of hydrogen-bond acceptors (Lipinski definition) is 5. The molecule has 0 aliphatic rings. The second kappa shape index (κ2) is 6.26. The van der Waals surface area contributed by atoms with Gasteiger partial charge in [-0.1, -0.05) is 30.3 Å². The van der Waals surface area contributed by atoms with Gasteiger partial charge in [0.2, 0.25) is 0 Å². The summed E-state index contributed by atoms with van der Waals surface area (Å²) < 4.78 is 11.3. The number of carbonyl (C=O) groups excluding carboxylic acids is 1. The van der Waals surface area contributed by atoms with Gasteiger partial charge in [0.15, 0.2) is 11.2 Å². The van der Waals surface area contributed by atoms with Gasteiger partial charge in [-0.25, -0.2) is 14.3 Å². The Hall–Kier alpha value is -2.89. The maximum absolute atomic E-state index is 11.8. The average Bonchev–Trinajstić information content (AvgIpc) is 2.84. The van der Waals surface area contributed by atoms with E-state index in [0.29, 0.717) is 17.7 Å². The van der Waals surface area contributed by atoms with E-state index in [9.17, 15) is 9.59 Å². The summed E-state index contributed by atoms with van der Waals surface area (Å²) in [7, 11) is 0. The van der Waals surface area contributed by atoms with Gasteiger partial charge in [-0.05, 0) is 17.7 Å². The predicted molar refractivity (Wildman–Crippen MR) is 79.4 cm³/mol. The third-order valence-electron chi connectivity index (χ3n) is 3.21. The summed E-state index contributed by atoms with van der Waals surface area (Å²) >= 11 is 0. The summed E-state index contributed by atoms with van der Waals surface area (Å²) in [4.78, 5) is 27.6. The van der Waals surface area contributed by atoms with Gasteiger partial charge in [-0.3, -0.25) is 4.79 Å². The molecule has 2 aromatic heterocycles. The third kappa shape index (κ3) is 3.06. The van der Waals surface area contributed by atoms with E-state index in [1.165, 1.54) is 10.8 Å². The minimum absolute atomic E-state index is 0.211. The second-order valence-corrected chi connectivity index (χ2v) is 4.74. The summed E-state index contributed by atoms with van der Waals surface area (Å²) in [5.41, 5.74) is 1.78. The van der Waals surface area contributed by atoms with Gasteiger partial charge < -0.3 is 9.15 Å². The average molecular weight is 298 g/mol. The lowest BCUT2D eigenvalue weighted by atomic mass is 10.2. The topological polar surface area (TPSA) is 74.3 Å². The van der Waals surface area contributed by atoms with Crippen LogP contribution in [-0.2, 0) is 22.5 Å². The molecule has 0 radical (unpaired) electrons. The van der Waals surface area contributed by atoms with Crippen LogP contribution in [-0.4, -0.2) is 22.1 Å². The molecule has 0 saturated heterocycles. The molecule has 0 atom stereocenters. The van der Waals surface area contributed by atoms with Crippen molar-refractivity contribution in [1.82, 2.24) is 9.55 Å². The van der Waals surface area contributed by atoms with E-state index < -0.39 is 11.7 Å². The Morgan fingerprint density at radius 2 is 2.00 bits per heavy atom. The van der Waals surface area contributed by atoms with E-state index in [2.05, 4.69) is 4.98 Å². The van der Waals surface area contributed by atoms with Gasteiger partial charge >= 0.3 is 11.7 Å². The molecule has 0 amide bonds. The minimum atomic E-state index is -0.617. The first-order valence-corrected chi connectivity index (χ1v) is 6.88. The Bertz CT molecular complexity index is 836. The monoisotopic (exact) mass is 298 g/mol. The lowest BCUT2D eigenvalue weighted by molar-refractivity contribution is -0.144.